The number of ether oxygens (including phenoxy) is 1. The second kappa shape index (κ2) is 9.54. The Hall–Kier alpha value is -2.83. The third-order valence-corrected chi connectivity index (χ3v) is 6.48. The standard InChI is InChI=1S/C18H18F3N3O5S.CH4/c19-18(20,21)29-14-7-5-13(6-8-14)23-9-11-24(12-10-23)30(27,28)16-4-2-1-3-15(16)17(25)22-26;/h1-8,26H,9-12H2,(H,22,25);1H4. The van der Waals surface area contributed by atoms with E-state index in [1.807, 2.05) is 4.90 Å². The van der Waals surface area contributed by atoms with Gasteiger partial charge >= 0.3 is 6.36 Å². The van der Waals surface area contributed by atoms with Crippen LogP contribution in [0.2, 0.25) is 0 Å². The fourth-order valence-electron chi connectivity index (χ4n) is 3.12. The number of hydrogen-bond acceptors (Lipinski definition) is 6. The highest BCUT2D eigenvalue weighted by molar-refractivity contribution is 7.89. The Morgan fingerprint density at radius 3 is 2.13 bits per heavy atom. The van der Waals surface area contributed by atoms with Crippen LogP contribution in [0.1, 0.15) is 17.8 Å². The van der Waals surface area contributed by atoms with E-state index >= 15 is 0 Å². The van der Waals surface area contributed by atoms with E-state index in [0.717, 1.165) is 0 Å². The molecular weight excluding hydrogens is 439 g/mol. The number of sulfonamides is 1. The Morgan fingerprint density at radius 2 is 1.58 bits per heavy atom. The average molecular weight is 461 g/mol. The van der Waals surface area contributed by atoms with Crippen molar-refractivity contribution < 1.29 is 36.3 Å². The quantitative estimate of drug-likeness (QED) is 0.525. The zero-order chi connectivity index (χ0) is 21.9. The van der Waals surface area contributed by atoms with Gasteiger partial charge in [-0.05, 0) is 36.4 Å². The van der Waals surface area contributed by atoms with Crippen LogP contribution in [0, 0.1) is 0 Å². The zero-order valence-corrected chi connectivity index (χ0v) is 16.3. The Balaban J connectivity index is 0.00000341. The number of rotatable bonds is 5. The summed E-state index contributed by atoms with van der Waals surface area (Å²) in [6.45, 7) is 0.816. The second-order valence-electron chi connectivity index (χ2n) is 6.37. The van der Waals surface area contributed by atoms with Gasteiger partial charge in [0, 0.05) is 31.9 Å². The SMILES string of the molecule is C.O=C(NO)c1ccccc1S(=O)(=O)N1CCN(c2ccc(OC(F)(F)F)cc2)CC1. The predicted molar refractivity (Wildman–Crippen MR) is 107 cm³/mol. The molecule has 170 valence electrons. The molecule has 0 spiro atoms. The summed E-state index contributed by atoms with van der Waals surface area (Å²) in [5.41, 5.74) is 1.88. The van der Waals surface area contributed by atoms with Crippen molar-refractivity contribution in [2.24, 2.45) is 0 Å². The number of nitrogens with one attached hydrogen (secondary N) is 1. The van der Waals surface area contributed by atoms with Crippen molar-refractivity contribution in [1.29, 1.82) is 0 Å². The number of benzene rings is 2. The van der Waals surface area contributed by atoms with Crippen LogP contribution in [0.4, 0.5) is 18.9 Å². The lowest BCUT2D eigenvalue weighted by Crippen LogP contribution is -2.49. The van der Waals surface area contributed by atoms with Crippen LogP contribution in [0.3, 0.4) is 0 Å². The first-order valence-corrected chi connectivity index (χ1v) is 10.2. The summed E-state index contributed by atoms with van der Waals surface area (Å²) < 4.78 is 67.8. The molecule has 0 unspecified atom stereocenters. The van der Waals surface area contributed by atoms with Gasteiger partial charge in [0.1, 0.15) is 5.75 Å². The Kier molecular flexibility index (Phi) is 7.52. The summed E-state index contributed by atoms with van der Waals surface area (Å²) in [5.74, 6) is -1.28. The molecule has 0 atom stereocenters. The van der Waals surface area contributed by atoms with Gasteiger partial charge in [-0.15, -0.1) is 13.2 Å². The second-order valence-corrected chi connectivity index (χ2v) is 8.28. The highest BCUT2D eigenvalue weighted by atomic mass is 32.2. The molecule has 1 saturated heterocycles. The van der Waals surface area contributed by atoms with E-state index in [-0.39, 0.29) is 36.7 Å². The first kappa shape index (κ1) is 24.4. The van der Waals surface area contributed by atoms with Crippen molar-refractivity contribution in [2.45, 2.75) is 18.7 Å². The van der Waals surface area contributed by atoms with E-state index in [0.29, 0.717) is 18.8 Å². The van der Waals surface area contributed by atoms with Gasteiger partial charge in [-0.2, -0.15) is 4.31 Å². The predicted octanol–water partition coefficient (Wildman–Crippen LogP) is 2.85. The molecule has 0 bridgehead atoms. The van der Waals surface area contributed by atoms with Gasteiger partial charge in [0.2, 0.25) is 10.0 Å². The summed E-state index contributed by atoms with van der Waals surface area (Å²) in [6.07, 6.45) is -4.77. The number of nitrogens with zero attached hydrogens (tertiary/aromatic N) is 2. The molecule has 31 heavy (non-hydrogen) atoms. The van der Waals surface area contributed by atoms with E-state index in [2.05, 4.69) is 4.74 Å². The minimum Gasteiger partial charge on any atom is -0.406 e. The van der Waals surface area contributed by atoms with E-state index in [1.54, 1.807) is 0 Å². The molecule has 1 heterocycles. The topological polar surface area (TPSA) is 99.2 Å². The van der Waals surface area contributed by atoms with Crippen LogP contribution in [-0.4, -0.2) is 56.4 Å². The lowest BCUT2D eigenvalue weighted by atomic mass is 10.2. The highest BCUT2D eigenvalue weighted by Gasteiger charge is 2.32. The molecular formula is C19H22F3N3O5S. The average Bonchev–Trinajstić information content (AvgIpc) is 2.72. The number of halogens is 3. The van der Waals surface area contributed by atoms with Crippen molar-refractivity contribution in [3.8, 4) is 5.75 Å². The van der Waals surface area contributed by atoms with E-state index in [9.17, 15) is 26.4 Å². The number of anilines is 1. The first-order chi connectivity index (χ1) is 14.1. The van der Waals surface area contributed by atoms with Gasteiger partial charge in [-0.25, -0.2) is 13.9 Å². The van der Waals surface area contributed by atoms with Crippen molar-refractivity contribution in [3.63, 3.8) is 0 Å². The van der Waals surface area contributed by atoms with Crippen LogP contribution in [0.25, 0.3) is 0 Å². The number of alkyl halides is 3. The molecule has 0 aliphatic carbocycles. The normalized spacial score (nSPS) is 15.2. The molecule has 0 radical (unpaired) electrons. The minimum absolute atomic E-state index is 0. The third kappa shape index (κ3) is 5.66. The summed E-state index contributed by atoms with van der Waals surface area (Å²) >= 11 is 0. The van der Waals surface area contributed by atoms with Crippen molar-refractivity contribution in [3.05, 3.63) is 54.1 Å². The molecule has 2 aromatic carbocycles. The monoisotopic (exact) mass is 461 g/mol. The van der Waals surface area contributed by atoms with Crippen molar-refractivity contribution in [2.75, 3.05) is 31.1 Å². The fraction of sp³-hybridized carbons (Fsp3) is 0.316. The van der Waals surface area contributed by atoms with Crippen molar-refractivity contribution in [1.82, 2.24) is 9.79 Å². The minimum atomic E-state index is -4.77. The maximum atomic E-state index is 13.0. The van der Waals surface area contributed by atoms with Crippen LogP contribution in [0.5, 0.6) is 5.75 Å². The van der Waals surface area contributed by atoms with Crippen LogP contribution < -0.4 is 15.1 Å². The van der Waals surface area contributed by atoms with Crippen molar-refractivity contribution >= 4 is 21.6 Å². The maximum Gasteiger partial charge on any atom is 0.573 e. The Bertz CT molecular complexity index is 1010. The van der Waals surface area contributed by atoms with Crippen LogP contribution >= 0.6 is 0 Å². The number of carbonyl (C=O) groups is 1. The van der Waals surface area contributed by atoms with Gasteiger partial charge < -0.3 is 9.64 Å². The largest absolute Gasteiger partial charge is 0.573 e. The number of amides is 1. The summed E-state index contributed by atoms with van der Waals surface area (Å²) in [6, 6.07) is 10.8. The van der Waals surface area contributed by atoms with Gasteiger partial charge in [0.15, 0.2) is 0 Å². The van der Waals surface area contributed by atoms with Crippen LogP contribution in [0.15, 0.2) is 53.4 Å². The number of piperazine rings is 1. The molecule has 0 aromatic heterocycles. The summed E-state index contributed by atoms with van der Waals surface area (Å²) in [4.78, 5) is 13.4. The molecule has 0 saturated carbocycles. The van der Waals surface area contributed by atoms with E-state index in [4.69, 9.17) is 5.21 Å². The Morgan fingerprint density at radius 1 is 1.00 bits per heavy atom. The van der Waals surface area contributed by atoms with E-state index in [1.165, 1.54) is 58.3 Å². The number of hydroxylamine groups is 1. The molecule has 8 nitrogen and oxygen atoms in total. The van der Waals surface area contributed by atoms with Gasteiger partial charge in [0.05, 0.1) is 10.5 Å². The van der Waals surface area contributed by atoms with Gasteiger partial charge in [0.25, 0.3) is 5.91 Å². The van der Waals surface area contributed by atoms with E-state index < -0.39 is 22.3 Å². The first-order valence-electron chi connectivity index (χ1n) is 8.76. The molecule has 2 aromatic rings. The zero-order valence-electron chi connectivity index (χ0n) is 15.5. The number of hydrogen-bond donors (Lipinski definition) is 2. The molecule has 1 aliphatic heterocycles. The third-order valence-electron chi connectivity index (χ3n) is 4.53. The molecule has 3 rings (SSSR count). The summed E-state index contributed by atoms with van der Waals surface area (Å²) in [7, 11) is -3.99. The highest BCUT2D eigenvalue weighted by Crippen LogP contribution is 2.27. The Labute approximate surface area is 177 Å². The lowest BCUT2D eigenvalue weighted by molar-refractivity contribution is -0.274. The molecule has 2 N–H and O–H groups in total. The fourth-order valence-corrected chi connectivity index (χ4v) is 4.74. The molecule has 1 aliphatic rings. The van der Waals surface area contributed by atoms with Gasteiger partial charge in [-0.3, -0.25) is 10.0 Å². The molecule has 1 amide bonds. The number of carbonyl (C=O) groups excluding carboxylic acids is 1. The lowest BCUT2D eigenvalue weighted by Gasteiger charge is -2.35. The maximum absolute atomic E-state index is 13.0. The van der Waals surface area contributed by atoms with Gasteiger partial charge in [-0.1, -0.05) is 19.6 Å². The summed E-state index contributed by atoms with van der Waals surface area (Å²) in [5, 5.41) is 8.85. The molecule has 12 heteroatoms. The smallest absolute Gasteiger partial charge is 0.406 e. The van der Waals surface area contributed by atoms with Crippen LogP contribution in [-0.2, 0) is 10.0 Å². The molecule has 1 fully saturated rings.